The number of nitrogens with zero attached hydrogens (tertiary/aromatic N) is 4. The van der Waals surface area contributed by atoms with Gasteiger partial charge in [-0.05, 0) is 24.0 Å². The summed E-state index contributed by atoms with van der Waals surface area (Å²) in [6.07, 6.45) is -0.313. The highest BCUT2D eigenvalue weighted by Gasteiger charge is 2.68. The van der Waals surface area contributed by atoms with E-state index in [9.17, 15) is 14.7 Å². The lowest BCUT2D eigenvalue weighted by Gasteiger charge is -2.43. The number of hydrogen-bond acceptors (Lipinski definition) is 12. The van der Waals surface area contributed by atoms with Crippen LogP contribution in [0.1, 0.15) is 46.7 Å². The summed E-state index contributed by atoms with van der Waals surface area (Å²) in [5.41, 5.74) is 12.7. The number of nitrogens with one attached hydrogen (secondary N) is 4. The van der Waals surface area contributed by atoms with Crippen LogP contribution in [0.2, 0.25) is 0 Å². The number of rotatable bonds is 6. The van der Waals surface area contributed by atoms with Gasteiger partial charge in [0.15, 0.2) is 17.7 Å². The average Bonchev–Trinajstić information content (AvgIpc) is 3.47. The second kappa shape index (κ2) is 10.0. The Morgan fingerprint density at radius 2 is 2.05 bits per heavy atom. The molecule has 5 heterocycles. The van der Waals surface area contributed by atoms with Gasteiger partial charge in [-0.25, -0.2) is 10.3 Å². The van der Waals surface area contributed by atoms with E-state index in [2.05, 4.69) is 50.0 Å². The number of carbonyl (C=O) groups is 2. The van der Waals surface area contributed by atoms with Crippen LogP contribution in [0.15, 0.2) is 35.3 Å². The number of nitrogens with two attached hydrogens (primary N) is 2. The smallest absolute Gasteiger partial charge is 0.343 e. The molecule has 0 saturated carbocycles. The predicted octanol–water partition coefficient (Wildman–Crippen LogP) is -3.49. The van der Waals surface area contributed by atoms with Gasteiger partial charge in [0.1, 0.15) is 17.9 Å². The van der Waals surface area contributed by atoms with Crippen LogP contribution in [0.4, 0.5) is 0 Å². The fourth-order valence-corrected chi connectivity index (χ4v) is 6.32. The number of aliphatic imine (C=N–C) groups is 1. The summed E-state index contributed by atoms with van der Waals surface area (Å²) in [7, 11) is 1.46. The zero-order valence-corrected chi connectivity index (χ0v) is 23.5. The third kappa shape index (κ3) is 4.31. The highest BCUT2D eigenvalue weighted by Crippen LogP contribution is 2.41. The summed E-state index contributed by atoms with van der Waals surface area (Å²) in [5, 5.41) is 28.4. The molecule has 4 aliphatic heterocycles. The molecule has 0 bridgehead atoms. The van der Waals surface area contributed by atoms with Gasteiger partial charge in [-0.1, -0.05) is 26.0 Å². The fraction of sp³-hybridized carbons (Fsp3) is 0.481. The van der Waals surface area contributed by atoms with Crippen molar-refractivity contribution < 1.29 is 29.2 Å². The van der Waals surface area contributed by atoms with Crippen LogP contribution in [0.3, 0.4) is 0 Å². The van der Waals surface area contributed by atoms with Gasteiger partial charge in [0, 0.05) is 24.7 Å². The molecular formula is C27H35N10O5+. The minimum atomic E-state index is -1.22. The Hall–Kier alpha value is -4.66. The molecule has 15 heteroatoms. The Kier molecular flexibility index (Phi) is 6.55. The van der Waals surface area contributed by atoms with Crippen LogP contribution in [0, 0.1) is 0 Å². The van der Waals surface area contributed by atoms with Crippen LogP contribution >= 0.6 is 0 Å². The number of aliphatic hydroxyl groups is 1. The number of aliphatic hydroxyl groups excluding tert-OH is 1. The van der Waals surface area contributed by atoms with E-state index in [4.69, 9.17) is 20.9 Å². The van der Waals surface area contributed by atoms with E-state index in [0.717, 1.165) is 12.0 Å². The Labute approximate surface area is 241 Å². The molecule has 4 aliphatic rings. The van der Waals surface area contributed by atoms with Crippen molar-refractivity contribution in [1.82, 2.24) is 31.0 Å². The van der Waals surface area contributed by atoms with Crippen LogP contribution in [0.25, 0.3) is 0 Å². The largest absolute Gasteiger partial charge is 0.492 e. The first-order valence-corrected chi connectivity index (χ1v) is 13.7. The average molecular weight is 580 g/mol. The monoisotopic (exact) mass is 579 g/mol. The topological polar surface area (TPSA) is 216 Å². The predicted molar refractivity (Wildman–Crippen MR) is 150 cm³/mol. The summed E-state index contributed by atoms with van der Waals surface area (Å²) < 4.78 is 10.9. The zero-order chi connectivity index (χ0) is 29.8. The van der Waals surface area contributed by atoms with Crippen LogP contribution in [-0.2, 0) is 5.41 Å². The summed E-state index contributed by atoms with van der Waals surface area (Å²) in [4.78, 5) is 35.8. The number of guanidine groups is 2. The van der Waals surface area contributed by atoms with Crippen molar-refractivity contribution >= 4 is 23.7 Å². The second-order valence-electron chi connectivity index (χ2n) is 11.5. The molecule has 1 fully saturated rings. The summed E-state index contributed by atoms with van der Waals surface area (Å²) >= 11 is 0. The molecule has 1 aromatic carbocycles. The lowest BCUT2D eigenvalue weighted by Crippen LogP contribution is -2.88. The molecule has 1 saturated heterocycles. The second-order valence-corrected chi connectivity index (χ2v) is 11.5. The van der Waals surface area contributed by atoms with Gasteiger partial charge in [-0.3, -0.25) is 20.3 Å². The molecule has 1 spiro atoms. The van der Waals surface area contributed by atoms with Crippen molar-refractivity contribution in [1.29, 1.82) is 0 Å². The number of hydrogen-bond donors (Lipinski definition) is 7. The number of carbonyl (C=O) groups excluding carboxylic acids is 2. The maximum Gasteiger partial charge on any atom is 0.343 e. The lowest BCUT2D eigenvalue weighted by atomic mass is 9.79. The maximum absolute atomic E-state index is 13.6. The number of amides is 2. The molecule has 9 N–H and O–H groups in total. The molecule has 0 aliphatic carbocycles. The summed E-state index contributed by atoms with van der Waals surface area (Å²) in [6, 6.07) is 6.61. The zero-order valence-electron chi connectivity index (χ0n) is 23.5. The van der Waals surface area contributed by atoms with Gasteiger partial charge in [0.2, 0.25) is 11.5 Å². The molecule has 6 rings (SSSR count). The Bertz CT molecular complexity index is 1480. The van der Waals surface area contributed by atoms with Crippen LogP contribution in [0.5, 0.6) is 11.6 Å². The Morgan fingerprint density at radius 3 is 2.79 bits per heavy atom. The molecule has 2 amide bonds. The number of benzene rings is 1. The van der Waals surface area contributed by atoms with Crippen molar-refractivity contribution in [3.05, 3.63) is 47.2 Å². The third-order valence-electron chi connectivity index (χ3n) is 8.57. The molecule has 1 aromatic heterocycles. The number of fused-ring (bicyclic) bond motifs is 1. The van der Waals surface area contributed by atoms with E-state index in [0.29, 0.717) is 17.9 Å². The Morgan fingerprint density at radius 1 is 1.24 bits per heavy atom. The van der Waals surface area contributed by atoms with E-state index in [1.807, 2.05) is 12.1 Å². The van der Waals surface area contributed by atoms with Gasteiger partial charge < -0.3 is 35.8 Å². The van der Waals surface area contributed by atoms with Crippen molar-refractivity contribution in [2.75, 3.05) is 26.8 Å². The van der Waals surface area contributed by atoms with Gasteiger partial charge in [0.25, 0.3) is 11.8 Å². The van der Waals surface area contributed by atoms with Gasteiger partial charge in [0.05, 0.1) is 25.3 Å². The molecule has 15 nitrogen and oxygen atoms in total. The first-order valence-electron chi connectivity index (χ1n) is 13.7. The normalized spacial score (nSPS) is 28.6. The van der Waals surface area contributed by atoms with Crippen LogP contribution < -0.4 is 41.9 Å². The first-order chi connectivity index (χ1) is 20.0. The van der Waals surface area contributed by atoms with Crippen molar-refractivity contribution in [3.63, 3.8) is 0 Å². The van der Waals surface area contributed by atoms with E-state index < -0.39 is 35.8 Å². The number of methoxy groups -OCH3 is 1. The highest BCUT2D eigenvalue weighted by atomic mass is 16.5. The van der Waals surface area contributed by atoms with Crippen molar-refractivity contribution in [2.45, 2.75) is 55.6 Å². The highest BCUT2D eigenvalue weighted by molar-refractivity contribution is 5.98. The van der Waals surface area contributed by atoms with E-state index in [1.54, 1.807) is 11.0 Å². The first kappa shape index (κ1) is 27.5. The molecular weight excluding hydrogens is 544 g/mol. The SMILES string of the molecule is COc1ccc(C(=O)NC[C@@H]2N=C(N)N3CC(NC(=O)c4cccc5c4OCCC5(C)C)[C@@H](O)C34NC(N)=[NH+][C@@H]24)nn1. The van der Waals surface area contributed by atoms with Crippen LogP contribution in [-0.4, -0.2) is 101 Å². The minimum absolute atomic E-state index is 0.0580. The summed E-state index contributed by atoms with van der Waals surface area (Å²) in [5.74, 6) is 0.356. The number of aromatic nitrogens is 2. The summed E-state index contributed by atoms with van der Waals surface area (Å²) in [6.45, 7) is 4.98. The van der Waals surface area contributed by atoms with Crippen molar-refractivity contribution in [3.8, 4) is 11.6 Å². The molecule has 2 aromatic rings. The molecule has 2 unspecified atom stereocenters. The van der Waals surface area contributed by atoms with E-state index in [1.165, 1.54) is 19.2 Å². The maximum atomic E-state index is 13.6. The minimum Gasteiger partial charge on any atom is -0.492 e. The molecule has 0 radical (unpaired) electrons. The Balaban J connectivity index is 1.21. The molecule has 5 atom stereocenters. The van der Waals surface area contributed by atoms with Gasteiger partial charge in [-0.15, -0.1) is 10.2 Å². The quantitative estimate of drug-likeness (QED) is 0.178. The fourth-order valence-electron chi connectivity index (χ4n) is 6.32. The van der Waals surface area contributed by atoms with Gasteiger partial charge >= 0.3 is 5.96 Å². The number of para-hydroxylation sites is 1. The molecule has 42 heavy (non-hydrogen) atoms. The van der Waals surface area contributed by atoms with Crippen molar-refractivity contribution in [2.24, 2.45) is 16.5 Å². The third-order valence-corrected chi connectivity index (χ3v) is 8.57. The van der Waals surface area contributed by atoms with E-state index in [-0.39, 0.29) is 47.9 Å². The van der Waals surface area contributed by atoms with Gasteiger partial charge in [-0.2, -0.15) is 0 Å². The molecule has 222 valence electrons. The standard InChI is InChI=1S/C27H34N10O5/c1-26(2)9-10-42-19-13(5-4-6-14(19)26)22(39)31-17-12-37-25(29)32-16(20-27(37,21(17)38)34-24(28)33-20)11-30-23(40)15-7-8-18(41-3)36-35-15/h4-8,16-17,20-21,38H,9-12H2,1-3H3,(H2,29,32)(H,30,40)(H,31,39)(H3,28,33,34)/p+1/t16-,17?,20-,21+,27?/m0/s1. The lowest BCUT2D eigenvalue weighted by molar-refractivity contribution is -0.513. The van der Waals surface area contributed by atoms with E-state index >= 15 is 0 Å². The number of ether oxygens (including phenoxy) is 2.